The lowest BCUT2D eigenvalue weighted by Gasteiger charge is -2.25. The number of rotatable bonds is 15. The molecule has 0 fully saturated rings. The molecule has 0 unspecified atom stereocenters. The molecule has 0 saturated carbocycles. The predicted octanol–water partition coefficient (Wildman–Crippen LogP) is 7.64. The van der Waals surface area contributed by atoms with Crippen LogP contribution in [0.2, 0.25) is 77.1 Å². The first-order valence-corrected chi connectivity index (χ1v) is 22.1. The highest BCUT2D eigenvalue weighted by Gasteiger charge is 2.15. The summed E-state index contributed by atoms with van der Waals surface area (Å²) in [7, 11) is -2.53. The smallest absolute Gasteiger partial charge is 0.0442 e. The van der Waals surface area contributed by atoms with Crippen LogP contribution in [0.25, 0.3) is 0 Å². The Bertz CT molecular complexity index is 271. The maximum Gasteiger partial charge on any atom is 0.0442 e. The average Bonchev–Trinajstić information content (AvgIpc) is 2.40. The molecule has 0 aromatic rings. The molecule has 0 aliphatic rings. The van der Waals surface area contributed by atoms with Gasteiger partial charge in [-0.05, 0) is 38.9 Å². The Morgan fingerprint density at radius 2 is 0.640 bits per heavy atom. The molecule has 0 radical (unpaired) electrons. The summed E-state index contributed by atoms with van der Waals surface area (Å²) in [6, 6.07) is 4.52. The topological polar surface area (TPSA) is 3.24 Å². The third kappa shape index (κ3) is 20.8. The molecule has 0 N–H and O–H groups in total. The number of unbranched alkanes of at least 4 members (excludes halogenated alkanes) is 3. The standard InChI is InChI=1S/C21H51NSi3/c1-23(2,3)19-13-10-16-22(17-11-14-20-24(4,5)6)18-12-15-21-25(7,8)9/h10-21H2,1-9H3. The zero-order valence-corrected chi connectivity index (χ0v) is 22.4. The SMILES string of the molecule is C[Si](C)(C)CCCCN(CCCC[Si](C)(C)C)CCCC[Si](C)(C)C. The third-order valence-electron chi connectivity index (χ3n) is 4.95. The summed E-state index contributed by atoms with van der Waals surface area (Å²) in [5.74, 6) is 0. The van der Waals surface area contributed by atoms with Gasteiger partial charge in [0.05, 0.1) is 0 Å². The Labute approximate surface area is 164 Å². The van der Waals surface area contributed by atoms with E-state index in [4.69, 9.17) is 0 Å². The van der Waals surface area contributed by atoms with Crippen molar-refractivity contribution in [2.24, 2.45) is 0 Å². The van der Waals surface area contributed by atoms with Crippen LogP contribution in [-0.4, -0.2) is 48.8 Å². The van der Waals surface area contributed by atoms with E-state index in [1.54, 1.807) is 0 Å². The first-order chi connectivity index (χ1) is 11.3. The first kappa shape index (κ1) is 25.6. The Morgan fingerprint density at radius 1 is 0.400 bits per heavy atom. The fraction of sp³-hybridized carbons (Fsp3) is 1.00. The molecule has 4 heteroatoms. The Hall–Kier alpha value is 0.611. The van der Waals surface area contributed by atoms with Gasteiger partial charge in [-0.25, -0.2) is 0 Å². The van der Waals surface area contributed by atoms with Gasteiger partial charge in [0.25, 0.3) is 0 Å². The lowest BCUT2D eigenvalue weighted by Crippen LogP contribution is -2.29. The molecule has 0 aliphatic carbocycles. The highest BCUT2D eigenvalue weighted by molar-refractivity contribution is 6.76. The van der Waals surface area contributed by atoms with Crippen molar-refractivity contribution in [3.05, 3.63) is 0 Å². The van der Waals surface area contributed by atoms with E-state index in [0.717, 1.165) is 0 Å². The average molecular weight is 402 g/mol. The van der Waals surface area contributed by atoms with Crippen molar-refractivity contribution < 1.29 is 0 Å². The second-order valence-corrected chi connectivity index (χ2v) is 28.8. The molecule has 0 amide bonds. The van der Waals surface area contributed by atoms with Crippen molar-refractivity contribution in [1.82, 2.24) is 4.90 Å². The lowest BCUT2D eigenvalue weighted by atomic mass is 10.2. The van der Waals surface area contributed by atoms with Crippen LogP contribution in [0.5, 0.6) is 0 Å². The minimum absolute atomic E-state index is 0.843. The highest BCUT2D eigenvalue weighted by atomic mass is 28.3. The monoisotopic (exact) mass is 401 g/mol. The Morgan fingerprint density at radius 3 is 0.840 bits per heavy atom. The molecule has 0 saturated heterocycles. The normalized spacial score (nSPS) is 13.7. The molecule has 0 rings (SSSR count). The van der Waals surface area contributed by atoms with E-state index in [-0.39, 0.29) is 0 Å². The second kappa shape index (κ2) is 12.1. The molecule has 0 heterocycles. The van der Waals surface area contributed by atoms with Crippen LogP contribution in [-0.2, 0) is 0 Å². The van der Waals surface area contributed by atoms with Gasteiger partial charge >= 0.3 is 0 Å². The van der Waals surface area contributed by atoms with Gasteiger partial charge in [-0.3, -0.25) is 0 Å². The maximum absolute atomic E-state index is 2.80. The van der Waals surface area contributed by atoms with Gasteiger partial charge in [0, 0.05) is 24.2 Å². The van der Waals surface area contributed by atoms with Gasteiger partial charge in [-0.15, -0.1) is 0 Å². The van der Waals surface area contributed by atoms with Gasteiger partial charge < -0.3 is 4.90 Å². The summed E-state index contributed by atoms with van der Waals surface area (Å²) in [4.78, 5) is 2.80. The first-order valence-electron chi connectivity index (χ1n) is 11.0. The van der Waals surface area contributed by atoms with E-state index in [9.17, 15) is 0 Å². The summed E-state index contributed by atoms with van der Waals surface area (Å²) >= 11 is 0. The van der Waals surface area contributed by atoms with Crippen molar-refractivity contribution in [3.8, 4) is 0 Å². The number of hydrogen-bond acceptors (Lipinski definition) is 1. The lowest BCUT2D eigenvalue weighted by molar-refractivity contribution is 0.261. The summed E-state index contributed by atoms with van der Waals surface area (Å²) < 4.78 is 0. The highest BCUT2D eigenvalue weighted by Crippen LogP contribution is 2.17. The largest absolute Gasteiger partial charge is 0.303 e. The Balaban J connectivity index is 4.12. The number of hydrogen-bond donors (Lipinski definition) is 0. The summed E-state index contributed by atoms with van der Waals surface area (Å²) in [5, 5.41) is 0. The van der Waals surface area contributed by atoms with Crippen molar-refractivity contribution in [3.63, 3.8) is 0 Å². The van der Waals surface area contributed by atoms with E-state index in [1.165, 1.54) is 76.3 Å². The minimum Gasteiger partial charge on any atom is -0.303 e. The van der Waals surface area contributed by atoms with Crippen LogP contribution in [0.3, 0.4) is 0 Å². The molecule has 0 aromatic carbocycles. The molecule has 0 atom stereocenters. The van der Waals surface area contributed by atoms with Crippen LogP contribution in [0.15, 0.2) is 0 Å². The molecule has 0 aliphatic heterocycles. The predicted molar refractivity (Wildman–Crippen MR) is 129 cm³/mol. The maximum atomic E-state index is 2.80. The molecule has 1 nitrogen and oxygen atoms in total. The molecule has 0 aromatic heterocycles. The van der Waals surface area contributed by atoms with E-state index in [1.807, 2.05) is 0 Å². The third-order valence-corrected chi connectivity index (χ3v) is 10.5. The zero-order valence-electron chi connectivity index (χ0n) is 19.4. The minimum atomic E-state index is -0.843. The van der Waals surface area contributed by atoms with Crippen molar-refractivity contribution in [1.29, 1.82) is 0 Å². The molecular formula is C21H51NSi3. The number of nitrogens with zero attached hydrogens (tertiary/aromatic N) is 1. The van der Waals surface area contributed by atoms with Crippen molar-refractivity contribution >= 4 is 24.2 Å². The second-order valence-electron chi connectivity index (χ2n) is 11.9. The summed E-state index contributed by atoms with van der Waals surface area (Å²) in [5.41, 5.74) is 0. The van der Waals surface area contributed by atoms with Crippen molar-refractivity contribution in [2.75, 3.05) is 19.6 Å². The molecule has 25 heavy (non-hydrogen) atoms. The van der Waals surface area contributed by atoms with Crippen LogP contribution in [0.1, 0.15) is 38.5 Å². The van der Waals surface area contributed by atoms with E-state index < -0.39 is 24.2 Å². The summed E-state index contributed by atoms with van der Waals surface area (Å²) in [6.07, 6.45) is 8.63. The molecular weight excluding hydrogens is 350 g/mol. The quantitative estimate of drug-likeness (QED) is 0.201. The van der Waals surface area contributed by atoms with E-state index >= 15 is 0 Å². The fourth-order valence-corrected chi connectivity index (χ4v) is 7.24. The van der Waals surface area contributed by atoms with Gasteiger partial charge in [-0.2, -0.15) is 0 Å². The fourth-order valence-electron chi connectivity index (χ4n) is 3.31. The van der Waals surface area contributed by atoms with E-state index in [0.29, 0.717) is 0 Å². The molecule has 0 bridgehead atoms. The van der Waals surface area contributed by atoms with Crippen LogP contribution in [0, 0.1) is 0 Å². The van der Waals surface area contributed by atoms with Crippen molar-refractivity contribution in [2.45, 2.75) is 116 Å². The molecule has 152 valence electrons. The zero-order chi connectivity index (χ0) is 19.6. The van der Waals surface area contributed by atoms with E-state index in [2.05, 4.69) is 63.8 Å². The van der Waals surface area contributed by atoms with Crippen LogP contribution in [0.4, 0.5) is 0 Å². The summed E-state index contributed by atoms with van der Waals surface area (Å²) in [6.45, 7) is 26.7. The van der Waals surface area contributed by atoms with Crippen LogP contribution < -0.4 is 0 Å². The van der Waals surface area contributed by atoms with Crippen LogP contribution >= 0.6 is 0 Å². The van der Waals surface area contributed by atoms with Gasteiger partial charge in [-0.1, -0.05) is 96.3 Å². The van der Waals surface area contributed by atoms with Gasteiger partial charge in [0.15, 0.2) is 0 Å². The van der Waals surface area contributed by atoms with Gasteiger partial charge in [0.1, 0.15) is 0 Å². The Kier molecular flexibility index (Phi) is 12.4. The molecule has 0 spiro atoms. The van der Waals surface area contributed by atoms with Gasteiger partial charge in [0.2, 0.25) is 0 Å².